The van der Waals surface area contributed by atoms with Crippen LogP contribution >= 0.6 is 15.9 Å². The molecule has 1 saturated heterocycles. The van der Waals surface area contributed by atoms with Crippen molar-refractivity contribution in [2.45, 2.75) is 45.6 Å². The molecule has 100 valence electrons. The molecule has 1 unspecified atom stereocenters. The van der Waals surface area contributed by atoms with Crippen LogP contribution in [-0.2, 0) is 6.42 Å². The molecule has 0 aliphatic carbocycles. The monoisotopic (exact) mass is 311 g/mol. The smallest absolute Gasteiger partial charge is 0.136 e. The fraction of sp³-hybridized carbons (Fsp3) is 0.600. The predicted molar refractivity (Wildman–Crippen MR) is 79.5 cm³/mol. The Morgan fingerprint density at radius 3 is 2.72 bits per heavy atom. The molecule has 1 aromatic carbocycles. The number of rotatable bonds is 3. The molecule has 0 saturated carbocycles. The van der Waals surface area contributed by atoms with E-state index in [1.807, 2.05) is 0 Å². The first-order valence-corrected chi connectivity index (χ1v) is 7.48. The Morgan fingerprint density at radius 1 is 1.33 bits per heavy atom. The van der Waals surface area contributed by atoms with Gasteiger partial charge in [-0.1, -0.05) is 12.5 Å². The van der Waals surface area contributed by atoms with Crippen molar-refractivity contribution in [3.8, 4) is 5.75 Å². The van der Waals surface area contributed by atoms with Gasteiger partial charge in [-0.05, 0) is 72.3 Å². The van der Waals surface area contributed by atoms with Gasteiger partial charge in [0.1, 0.15) is 5.75 Å². The Bertz CT molecular complexity index is 425. The summed E-state index contributed by atoms with van der Waals surface area (Å²) in [6.07, 6.45) is 4.98. The maximum absolute atomic E-state index is 5.60. The molecule has 18 heavy (non-hydrogen) atoms. The Hall–Kier alpha value is -0.540. The van der Waals surface area contributed by atoms with Crippen molar-refractivity contribution in [3.05, 3.63) is 27.2 Å². The minimum absolute atomic E-state index is 0.598. The summed E-state index contributed by atoms with van der Waals surface area (Å²) in [5.74, 6) is 1.01. The van der Waals surface area contributed by atoms with Gasteiger partial charge in [0, 0.05) is 6.04 Å². The third-order valence-corrected chi connectivity index (χ3v) is 4.78. The van der Waals surface area contributed by atoms with Crippen LogP contribution in [0.4, 0.5) is 0 Å². The molecule has 0 bridgehead atoms. The van der Waals surface area contributed by atoms with E-state index in [2.05, 4.69) is 41.2 Å². The average molecular weight is 312 g/mol. The maximum atomic E-state index is 5.60. The largest absolute Gasteiger partial charge is 0.495 e. The minimum atomic E-state index is 0.598. The van der Waals surface area contributed by atoms with E-state index in [1.54, 1.807) is 7.11 Å². The molecule has 1 N–H and O–H groups in total. The highest BCUT2D eigenvalue weighted by Crippen LogP contribution is 2.35. The third-order valence-electron chi connectivity index (χ3n) is 3.80. The number of piperidine rings is 1. The molecule has 1 atom stereocenters. The number of nitrogens with one attached hydrogen (secondary N) is 1. The normalized spacial score (nSPS) is 19.9. The van der Waals surface area contributed by atoms with E-state index >= 15 is 0 Å². The van der Waals surface area contributed by atoms with Crippen LogP contribution in [0.25, 0.3) is 0 Å². The van der Waals surface area contributed by atoms with E-state index in [0.29, 0.717) is 6.04 Å². The molecule has 0 aromatic heterocycles. The summed E-state index contributed by atoms with van der Waals surface area (Å²) in [5, 5.41) is 3.61. The van der Waals surface area contributed by atoms with E-state index in [0.717, 1.165) is 23.2 Å². The van der Waals surface area contributed by atoms with Crippen LogP contribution < -0.4 is 10.1 Å². The van der Waals surface area contributed by atoms with Crippen molar-refractivity contribution in [1.82, 2.24) is 5.32 Å². The summed E-state index contributed by atoms with van der Waals surface area (Å²) in [5.41, 5.74) is 3.92. The van der Waals surface area contributed by atoms with Crippen LogP contribution in [-0.4, -0.2) is 19.7 Å². The molecule has 1 heterocycles. The number of aryl methyl sites for hydroxylation is 2. The van der Waals surface area contributed by atoms with Gasteiger partial charge in [0.05, 0.1) is 11.6 Å². The molecule has 1 aromatic rings. The summed E-state index contributed by atoms with van der Waals surface area (Å²) in [6.45, 7) is 5.45. The first-order chi connectivity index (χ1) is 8.63. The second kappa shape index (κ2) is 6.07. The lowest BCUT2D eigenvalue weighted by Crippen LogP contribution is -2.35. The first-order valence-electron chi connectivity index (χ1n) is 6.69. The highest BCUT2D eigenvalue weighted by molar-refractivity contribution is 9.10. The molecule has 1 fully saturated rings. The molecule has 2 rings (SSSR count). The maximum Gasteiger partial charge on any atom is 0.136 e. The van der Waals surface area contributed by atoms with Crippen LogP contribution in [0.5, 0.6) is 5.75 Å². The number of halogens is 1. The zero-order chi connectivity index (χ0) is 13.1. The summed E-state index contributed by atoms with van der Waals surface area (Å²) in [4.78, 5) is 0. The lowest BCUT2D eigenvalue weighted by atomic mass is 9.93. The van der Waals surface area contributed by atoms with Gasteiger partial charge in [-0.2, -0.15) is 0 Å². The Balaban J connectivity index is 2.28. The lowest BCUT2D eigenvalue weighted by molar-refractivity contribution is 0.379. The molecule has 0 radical (unpaired) electrons. The number of benzene rings is 1. The molecule has 3 heteroatoms. The summed E-state index contributed by atoms with van der Waals surface area (Å²) >= 11 is 3.64. The topological polar surface area (TPSA) is 21.3 Å². The van der Waals surface area contributed by atoms with Crippen LogP contribution in [0.3, 0.4) is 0 Å². The fourth-order valence-corrected chi connectivity index (χ4v) is 3.29. The summed E-state index contributed by atoms with van der Waals surface area (Å²) in [7, 11) is 1.76. The number of hydrogen-bond donors (Lipinski definition) is 1. The van der Waals surface area contributed by atoms with Gasteiger partial charge < -0.3 is 10.1 Å². The van der Waals surface area contributed by atoms with E-state index < -0.39 is 0 Å². The predicted octanol–water partition coefficient (Wildman–Crippen LogP) is 3.76. The zero-order valence-electron chi connectivity index (χ0n) is 11.5. The number of methoxy groups -OCH3 is 1. The molecule has 1 aliphatic heterocycles. The number of ether oxygens (including phenoxy) is 1. The number of hydrogen-bond acceptors (Lipinski definition) is 2. The second-order valence-corrected chi connectivity index (χ2v) is 5.98. The van der Waals surface area contributed by atoms with Crippen molar-refractivity contribution >= 4 is 15.9 Å². The van der Waals surface area contributed by atoms with Gasteiger partial charge in [-0.25, -0.2) is 0 Å². The Kier molecular flexibility index (Phi) is 4.68. The van der Waals surface area contributed by atoms with Crippen molar-refractivity contribution in [2.24, 2.45) is 0 Å². The highest BCUT2D eigenvalue weighted by Gasteiger charge is 2.19. The summed E-state index contributed by atoms with van der Waals surface area (Å²) < 4.78 is 6.70. The van der Waals surface area contributed by atoms with Crippen molar-refractivity contribution in [3.63, 3.8) is 0 Å². The fourth-order valence-electron chi connectivity index (χ4n) is 2.78. The van der Waals surface area contributed by atoms with Gasteiger partial charge in [-0.3, -0.25) is 0 Å². The van der Waals surface area contributed by atoms with Crippen molar-refractivity contribution < 1.29 is 4.74 Å². The standard InChI is InChI=1S/C15H22BrNO/c1-10-8-11(2)14(16)15(18-3)13(10)9-12-6-4-5-7-17-12/h8,12,17H,4-7,9H2,1-3H3. The zero-order valence-corrected chi connectivity index (χ0v) is 13.1. The average Bonchev–Trinajstić information content (AvgIpc) is 2.37. The van der Waals surface area contributed by atoms with E-state index in [9.17, 15) is 0 Å². The minimum Gasteiger partial charge on any atom is -0.495 e. The van der Waals surface area contributed by atoms with Gasteiger partial charge in [0.15, 0.2) is 0 Å². The van der Waals surface area contributed by atoms with Crippen molar-refractivity contribution in [2.75, 3.05) is 13.7 Å². The third kappa shape index (κ3) is 2.89. The van der Waals surface area contributed by atoms with E-state index in [4.69, 9.17) is 4.74 Å². The molecule has 2 nitrogen and oxygen atoms in total. The van der Waals surface area contributed by atoms with Gasteiger partial charge in [0.25, 0.3) is 0 Å². The molecular weight excluding hydrogens is 290 g/mol. The van der Waals surface area contributed by atoms with Gasteiger partial charge in [0.2, 0.25) is 0 Å². The Labute approximate surface area is 118 Å². The summed E-state index contributed by atoms with van der Waals surface area (Å²) in [6, 6.07) is 2.84. The van der Waals surface area contributed by atoms with Crippen LogP contribution in [0.15, 0.2) is 10.5 Å². The quantitative estimate of drug-likeness (QED) is 0.917. The lowest BCUT2D eigenvalue weighted by Gasteiger charge is -2.25. The first kappa shape index (κ1) is 13.9. The van der Waals surface area contributed by atoms with Gasteiger partial charge >= 0.3 is 0 Å². The Morgan fingerprint density at radius 2 is 2.11 bits per heavy atom. The second-order valence-electron chi connectivity index (χ2n) is 5.19. The molecule has 1 aliphatic rings. The van der Waals surface area contributed by atoms with Gasteiger partial charge in [-0.15, -0.1) is 0 Å². The van der Waals surface area contributed by atoms with E-state index in [-0.39, 0.29) is 0 Å². The van der Waals surface area contributed by atoms with Crippen molar-refractivity contribution in [1.29, 1.82) is 0 Å². The van der Waals surface area contributed by atoms with E-state index in [1.165, 1.54) is 36.0 Å². The highest BCUT2D eigenvalue weighted by atomic mass is 79.9. The van der Waals surface area contributed by atoms with Crippen LogP contribution in [0.2, 0.25) is 0 Å². The molecular formula is C15H22BrNO. The SMILES string of the molecule is COc1c(Br)c(C)cc(C)c1CC1CCCCN1. The molecule has 0 spiro atoms. The molecule has 0 amide bonds. The van der Waals surface area contributed by atoms with Crippen LogP contribution in [0.1, 0.15) is 36.0 Å². The van der Waals surface area contributed by atoms with Crippen LogP contribution in [0, 0.1) is 13.8 Å².